The zero-order valence-corrected chi connectivity index (χ0v) is 42.3. The van der Waals surface area contributed by atoms with E-state index in [9.17, 15) is 10.2 Å². The third-order valence-electron chi connectivity index (χ3n) is 13.4. The van der Waals surface area contributed by atoms with Crippen molar-refractivity contribution in [3.05, 3.63) is 248 Å². The molecule has 0 heterocycles. The van der Waals surface area contributed by atoms with Crippen LogP contribution in [0.4, 0.5) is 51.2 Å². The van der Waals surface area contributed by atoms with E-state index in [1.165, 1.54) is 0 Å². The van der Waals surface area contributed by atoms with Gasteiger partial charge in [0.15, 0.2) is 0 Å². The Labute approximate surface area is 438 Å². The smallest absolute Gasteiger partial charge is 0.142 e. The predicted molar refractivity (Wildman–Crippen MR) is 305 cm³/mol. The molecule has 0 amide bonds. The van der Waals surface area contributed by atoms with Gasteiger partial charge in [-0.15, -0.1) is 0 Å². The number of hydrogen-bond donors (Lipinski definition) is 2. The van der Waals surface area contributed by atoms with Crippen LogP contribution in [0.1, 0.15) is 11.1 Å². The molecule has 372 valence electrons. The molecule has 10 aromatic rings. The van der Waals surface area contributed by atoms with Gasteiger partial charge < -0.3 is 43.9 Å². The number of hydrogen-bond acceptors (Lipinski definition) is 9. The first-order chi connectivity index (χ1) is 36.9. The highest BCUT2D eigenvalue weighted by molar-refractivity contribution is 5.88. The zero-order chi connectivity index (χ0) is 51.7. The Morgan fingerprint density at radius 1 is 0.280 bits per heavy atom. The monoisotopic (exact) mass is 987 g/mol. The van der Waals surface area contributed by atoms with Crippen molar-refractivity contribution in [3.63, 3.8) is 0 Å². The van der Waals surface area contributed by atoms with Gasteiger partial charge in [-0.05, 0) is 149 Å². The van der Waals surface area contributed by atoms with Gasteiger partial charge in [-0.2, -0.15) is 0 Å². The summed E-state index contributed by atoms with van der Waals surface area (Å²) >= 11 is 0. The molecule has 0 aliphatic heterocycles. The fourth-order valence-corrected chi connectivity index (χ4v) is 9.70. The maximum absolute atomic E-state index is 10.5. The van der Waals surface area contributed by atoms with E-state index in [2.05, 4.69) is 106 Å². The van der Waals surface area contributed by atoms with Crippen molar-refractivity contribution in [3.8, 4) is 56.4 Å². The molecule has 0 aromatic heterocycles. The van der Waals surface area contributed by atoms with Crippen LogP contribution < -0.4 is 33.6 Å². The minimum atomic E-state index is -0.120. The van der Waals surface area contributed by atoms with E-state index >= 15 is 0 Å². The van der Waals surface area contributed by atoms with Crippen molar-refractivity contribution >= 4 is 51.2 Å². The number of aliphatic hydroxyl groups is 2. The summed E-state index contributed by atoms with van der Waals surface area (Å²) in [5.74, 6) is 2.90. The molecule has 0 atom stereocenters. The highest BCUT2D eigenvalue weighted by Gasteiger charge is 2.23. The van der Waals surface area contributed by atoms with Crippen LogP contribution in [0.5, 0.6) is 23.0 Å². The average molecular weight is 988 g/mol. The Morgan fingerprint density at radius 3 is 0.987 bits per heavy atom. The highest BCUT2D eigenvalue weighted by Crippen LogP contribution is 2.46. The van der Waals surface area contributed by atoms with Crippen molar-refractivity contribution in [2.24, 2.45) is 0 Å². The summed E-state index contributed by atoms with van der Waals surface area (Å²) in [5, 5.41) is 21.0. The van der Waals surface area contributed by atoms with Gasteiger partial charge in [0.05, 0.1) is 70.1 Å². The number of anilines is 9. The van der Waals surface area contributed by atoms with Gasteiger partial charge in [-0.1, -0.05) is 115 Å². The van der Waals surface area contributed by atoms with Crippen molar-refractivity contribution < 1.29 is 29.2 Å². The topological polar surface area (TPSA) is 87.1 Å². The maximum Gasteiger partial charge on any atom is 0.142 e. The lowest BCUT2D eigenvalue weighted by Crippen LogP contribution is -2.13. The van der Waals surface area contributed by atoms with Crippen LogP contribution in [0.15, 0.2) is 237 Å². The van der Waals surface area contributed by atoms with Crippen LogP contribution in [0.3, 0.4) is 0 Å². The number of methoxy groups -OCH3 is 4. The van der Waals surface area contributed by atoms with Gasteiger partial charge in [0.1, 0.15) is 23.0 Å². The molecule has 0 fully saturated rings. The van der Waals surface area contributed by atoms with Crippen LogP contribution in [0.25, 0.3) is 33.4 Å². The van der Waals surface area contributed by atoms with E-state index in [1.54, 1.807) is 28.4 Å². The number of aliphatic hydroxyl groups excluding tert-OH is 2. The Balaban J connectivity index is 1.09. The fourth-order valence-electron chi connectivity index (χ4n) is 9.70. The minimum Gasteiger partial charge on any atom is -0.497 e. The number of para-hydroxylation sites is 8. The number of benzene rings is 10. The van der Waals surface area contributed by atoms with Gasteiger partial charge in [0.2, 0.25) is 0 Å². The Kier molecular flexibility index (Phi) is 14.9. The molecule has 10 rings (SSSR count). The molecule has 9 nitrogen and oxygen atoms in total. The van der Waals surface area contributed by atoms with Crippen molar-refractivity contribution in [1.29, 1.82) is 0 Å². The molecule has 75 heavy (non-hydrogen) atoms. The Morgan fingerprint density at radius 2 is 0.613 bits per heavy atom. The van der Waals surface area contributed by atoms with E-state index in [4.69, 9.17) is 18.9 Å². The molecule has 0 aliphatic carbocycles. The lowest BCUT2D eigenvalue weighted by molar-refractivity contribution is 0.282. The molecule has 0 saturated carbocycles. The van der Waals surface area contributed by atoms with Gasteiger partial charge in [-0.25, -0.2) is 0 Å². The molecular formula is C66H57N3O6. The summed E-state index contributed by atoms with van der Waals surface area (Å²) in [5.41, 5.74) is 15.8. The third kappa shape index (κ3) is 10.2. The van der Waals surface area contributed by atoms with Crippen molar-refractivity contribution in [2.75, 3.05) is 43.1 Å². The van der Waals surface area contributed by atoms with E-state index < -0.39 is 0 Å². The maximum atomic E-state index is 10.5. The van der Waals surface area contributed by atoms with E-state index in [0.29, 0.717) is 5.75 Å². The highest BCUT2D eigenvalue weighted by atomic mass is 16.5. The van der Waals surface area contributed by atoms with Gasteiger partial charge in [-0.3, -0.25) is 0 Å². The third-order valence-corrected chi connectivity index (χ3v) is 13.4. The first kappa shape index (κ1) is 49.3. The van der Waals surface area contributed by atoms with Crippen LogP contribution in [-0.4, -0.2) is 38.7 Å². The predicted octanol–water partition coefficient (Wildman–Crippen LogP) is 16.1. The van der Waals surface area contributed by atoms with Crippen LogP contribution in [-0.2, 0) is 13.2 Å². The molecule has 0 bridgehead atoms. The molecule has 10 aromatic carbocycles. The minimum absolute atomic E-state index is 0.111. The molecule has 0 saturated heterocycles. The van der Waals surface area contributed by atoms with Gasteiger partial charge >= 0.3 is 0 Å². The largest absolute Gasteiger partial charge is 0.497 e. The molecular weight excluding hydrogens is 931 g/mol. The second-order valence-corrected chi connectivity index (χ2v) is 17.7. The summed E-state index contributed by atoms with van der Waals surface area (Å²) in [6, 6.07) is 80.1. The molecule has 0 radical (unpaired) electrons. The van der Waals surface area contributed by atoms with Crippen molar-refractivity contribution in [1.82, 2.24) is 0 Å². The van der Waals surface area contributed by atoms with E-state index in [1.807, 2.05) is 146 Å². The second-order valence-electron chi connectivity index (χ2n) is 17.7. The van der Waals surface area contributed by atoms with Crippen LogP contribution in [0, 0.1) is 0 Å². The SMILES string of the molecule is COc1cccc(N(c2ccc(-c3cc(-c4ccc(N(c5ccccc5CO)c5ccccc5OC)cc4)cc(-c4ccc(N(c5ccccc5OC)c5ccccc5OC)cc4)c3)cc2)c2ccccc2CO)c1. The Bertz CT molecular complexity index is 3290. The Hall–Kier alpha value is -9.28. The van der Waals surface area contributed by atoms with Gasteiger partial charge in [0.25, 0.3) is 0 Å². The fraction of sp³-hybridized carbons (Fsp3) is 0.0909. The lowest BCUT2D eigenvalue weighted by atomic mass is 9.93. The lowest BCUT2D eigenvalue weighted by Gasteiger charge is -2.28. The van der Waals surface area contributed by atoms with Crippen molar-refractivity contribution in [2.45, 2.75) is 13.2 Å². The van der Waals surface area contributed by atoms with Crippen LogP contribution >= 0.6 is 0 Å². The van der Waals surface area contributed by atoms with E-state index in [-0.39, 0.29) is 13.2 Å². The number of nitrogens with zero attached hydrogens (tertiary/aromatic N) is 3. The first-order valence-corrected chi connectivity index (χ1v) is 24.7. The molecule has 0 spiro atoms. The summed E-state index contributed by atoms with van der Waals surface area (Å²) in [6.07, 6.45) is 0. The summed E-state index contributed by atoms with van der Waals surface area (Å²) in [7, 11) is 6.72. The second kappa shape index (κ2) is 22.6. The molecule has 9 heteroatoms. The average Bonchev–Trinajstić information content (AvgIpc) is 3.48. The normalized spacial score (nSPS) is 10.9. The van der Waals surface area contributed by atoms with Crippen LogP contribution in [0.2, 0.25) is 0 Å². The molecule has 0 aliphatic rings. The quantitative estimate of drug-likeness (QED) is 0.0873. The zero-order valence-electron chi connectivity index (χ0n) is 42.3. The number of ether oxygens (including phenoxy) is 4. The van der Waals surface area contributed by atoms with Gasteiger partial charge in [0, 0.05) is 39.9 Å². The number of rotatable bonds is 18. The summed E-state index contributed by atoms with van der Waals surface area (Å²) < 4.78 is 23.3. The summed E-state index contributed by atoms with van der Waals surface area (Å²) in [6.45, 7) is -0.231. The summed E-state index contributed by atoms with van der Waals surface area (Å²) in [4.78, 5) is 6.44. The van der Waals surface area contributed by atoms with E-state index in [0.717, 1.165) is 113 Å². The first-order valence-electron chi connectivity index (χ1n) is 24.7. The molecule has 2 N–H and O–H groups in total. The standard InChI is InChI=1S/C66H57N3O6/c1-72-58-19-15-18-57(43-58)67(59-20-7-5-16-49(59)44-70)54-34-28-46(29-35-54)51-40-52(47-30-36-55(37-31-47)68(60-21-8-6-17-50(60)45-71)61-22-9-12-25-64(61)73-2)42-53(41-51)48-32-38-56(39-33-48)69(62-23-10-13-26-65(62)74-3)63-24-11-14-27-66(63)75-4/h5-43,70-71H,44-45H2,1-4H3. The molecule has 0 unspecified atom stereocenters.